The first-order valence-electron chi connectivity index (χ1n) is 6.60. The SMILES string of the molecule is Cc1ccc(NC(=O)[C@H](C)Sc2ccc([N+](=O)[O-])cc2)nc1. The summed E-state index contributed by atoms with van der Waals surface area (Å²) in [5.74, 6) is 0.339. The number of hydrogen-bond donors (Lipinski definition) is 1. The molecule has 0 spiro atoms. The molecule has 1 atom stereocenters. The number of nitro benzene ring substituents is 1. The van der Waals surface area contributed by atoms with Crippen LogP contribution in [0.1, 0.15) is 12.5 Å². The van der Waals surface area contributed by atoms with Gasteiger partial charge >= 0.3 is 0 Å². The highest BCUT2D eigenvalue weighted by atomic mass is 32.2. The van der Waals surface area contributed by atoms with Crippen LogP contribution < -0.4 is 5.32 Å². The highest BCUT2D eigenvalue weighted by molar-refractivity contribution is 8.00. The van der Waals surface area contributed by atoms with Gasteiger partial charge in [0, 0.05) is 23.2 Å². The van der Waals surface area contributed by atoms with Gasteiger partial charge in [-0.3, -0.25) is 14.9 Å². The molecule has 0 bridgehead atoms. The third kappa shape index (κ3) is 4.29. The number of nitro groups is 1. The number of carbonyl (C=O) groups is 1. The summed E-state index contributed by atoms with van der Waals surface area (Å²) in [5, 5.41) is 13.0. The number of non-ortho nitro benzene ring substituents is 1. The molecule has 0 aliphatic carbocycles. The Balaban J connectivity index is 1.95. The van der Waals surface area contributed by atoms with Gasteiger partial charge in [-0.05, 0) is 37.6 Å². The maximum atomic E-state index is 12.1. The Morgan fingerprint density at radius 3 is 2.50 bits per heavy atom. The van der Waals surface area contributed by atoms with Gasteiger partial charge in [0.2, 0.25) is 5.91 Å². The van der Waals surface area contributed by atoms with E-state index in [1.165, 1.54) is 23.9 Å². The highest BCUT2D eigenvalue weighted by Gasteiger charge is 2.15. The second-order valence-electron chi connectivity index (χ2n) is 4.72. The molecule has 6 nitrogen and oxygen atoms in total. The van der Waals surface area contributed by atoms with E-state index in [4.69, 9.17) is 0 Å². The molecule has 1 aromatic heterocycles. The van der Waals surface area contributed by atoms with E-state index in [0.717, 1.165) is 10.5 Å². The molecule has 1 amide bonds. The number of aromatic nitrogens is 1. The van der Waals surface area contributed by atoms with Crippen LogP contribution in [0.2, 0.25) is 0 Å². The zero-order valence-electron chi connectivity index (χ0n) is 12.1. The molecule has 0 unspecified atom stereocenters. The van der Waals surface area contributed by atoms with E-state index >= 15 is 0 Å². The van der Waals surface area contributed by atoms with E-state index in [1.807, 2.05) is 13.0 Å². The van der Waals surface area contributed by atoms with Crippen molar-refractivity contribution in [3.63, 3.8) is 0 Å². The minimum Gasteiger partial charge on any atom is -0.310 e. The molecule has 2 rings (SSSR count). The van der Waals surface area contributed by atoms with Crippen molar-refractivity contribution in [1.82, 2.24) is 4.98 Å². The van der Waals surface area contributed by atoms with Crippen LogP contribution in [0.25, 0.3) is 0 Å². The summed E-state index contributed by atoms with van der Waals surface area (Å²) in [6.07, 6.45) is 1.68. The van der Waals surface area contributed by atoms with E-state index in [0.29, 0.717) is 5.82 Å². The molecule has 1 aromatic carbocycles. The number of hydrogen-bond acceptors (Lipinski definition) is 5. The van der Waals surface area contributed by atoms with Gasteiger partial charge in [-0.2, -0.15) is 0 Å². The third-order valence-electron chi connectivity index (χ3n) is 2.89. The Kier molecular flexibility index (Phi) is 5.11. The zero-order valence-corrected chi connectivity index (χ0v) is 13.0. The molecule has 0 saturated heterocycles. The monoisotopic (exact) mass is 317 g/mol. The summed E-state index contributed by atoms with van der Waals surface area (Å²) >= 11 is 1.33. The van der Waals surface area contributed by atoms with Crippen molar-refractivity contribution >= 4 is 29.2 Å². The molecule has 0 fully saturated rings. The Bertz CT molecular complexity index is 671. The topological polar surface area (TPSA) is 85.1 Å². The number of nitrogens with one attached hydrogen (secondary N) is 1. The molecular weight excluding hydrogens is 302 g/mol. The maximum Gasteiger partial charge on any atom is 0.269 e. The van der Waals surface area contributed by atoms with Gasteiger partial charge < -0.3 is 5.32 Å². The number of nitrogens with zero attached hydrogens (tertiary/aromatic N) is 2. The molecule has 2 aromatic rings. The minimum absolute atomic E-state index is 0.0327. The van der Waals surface area contributed by atoms with Gasteiger partial charge in [0.05, 0.1) is 10.2 Å². The number of aryl methyl sites for hydroxylation is 1. The largest absolute Gasteiger partial charge is 0.310 e. The fraction of sp³-hybridized carbons (Fsp3) is 0.200. The van der Waals surface area contributed by atoms with Gasteiger partial charge in [0.1, 0.15) is 5.82 Å². The quantitative estimate of drug-likeness (QED) is 0.519. The summed E-state index contributed by atoms with van der Waals surface area (Å²) in [6.45, 7) is 3.70. The van der Waals surface area contributed by atoms with Crippen molar-refractivity contribution in [1.29, 1.82) is 0 Å². The lowest BCUT2D eigenvalue weighted by Crippen LogP contribution is -2.22. The summed E-state index contributed by atoms with van der Waals surface area (Å²) in [4.78, 5) is 27.2. The predicted octanol–water partition coefficient (Wildman–Crippen LogP) is 3.42. The fourth-order valence-electron chi connectivity index (χ4n) is 1.67. The van der Waals surface area contributed by atoms with Crippen LogP contribution in [0, 0.1) is 17.0 Å². The van der Waals surface area contributed by atoms with Crippen LogP contribution in [-0.2, 0) is 4.79 Å². The minimum atomic E-state index is -0.451. The van der Waals surface area contributed by atoms with E-state index in [-0.39, 0.29) is 16.8 Å². The molecule has 0 radical (unpaired) electrons. The van der Waals surface area contributed by atoms with Crippen molar-refractivity contribution in [2.75, 3.05) is 5.32 Å². The molecule has 22 heavy (non-hydrogen) atoms. The van der Waals surface area contributed by atoms with Gasteiger partial charge in [0.25, 0.3) is 5.69 Å². The summed E-state index contributed by atoms with van der Waals surface area (Å²) in [6, 6.07) is 9.74. The predicted molar refractivity (Wildman–Crippen MR) is 86.0 cm³/mol. The second kappa shape index (κ2) is 7.04. The van der Waals surface area contributed by atoms with Crippen molar-refractivity contribution in [2.45, 2.75) is 24.0 Å². The van der Waals surface area contributed by atoms with Gasteiger partial charge in [-0.1, -0.05) is 6.07 Å². The van der Waals surface area contributed by atoms with Crippen molar-refractivity contribution in [2.24, 2.45) is 0 Å². The molecule has 0 aliphatic rings. The molecule has 1 N–H and O–H groups in total. The Labute approximate surface area is 132 Å². The van der Waals surface area contributed by atoms with Crippen LogP contribution in [0.3, 0.4) is 0 Å². The number of rotatable bonds is 5. The molecule has 0 saturated carbocycles. The lowest BCUT2D eigenvalue weighted by atomic mass is 10.3. The fourth-order valence-corrected chi connectivity index (χ4v) is 2.54. The second-order valence-corrected chi connectivity index (χ2v) is 6.14. The molecule has 114 valence electrons. The molecule has 7 heteroatoms. The smallest absolute Gasteiger partial charge is 0.269 e. The van der Waals surface area contributed by atoms with Crippen molar-refractivity contribution in [3.05, 3.63) is 58.3 Å². The lowest BCUT2D eigenvalue weighted by Gasteiger charge is -2.11. The Hall–Kier alpha value is -2.41. The highest BCUT2D eigenvalue weighted by Crippen LogP contribution is 2.26. The molecule has 0 aliphatic heterocycles. The summed E-state index contributed by atoms with van der Waals surface area (Å²) in [5.41, 5.74) is 1.05. The zero-order chi connectivity index (χ0) is 16.1. The van der Waals surface area contributed by atoms with Crippen molar-refractivity contribution < 1.29 is 9.72 Å². The normalized spacial score (nSPS) is 11.7. The van der Waals surface area contributed by atoms with Crippen LogP contribution in [0.5, 0.6) is 0 Å². The standard InChI is InChI=1S/C15H15N3O3S/c1-10-3-8-14(16-9-10)17-15(19)11(2)22-13-6-4-12(5-7-13)18(20)21/h3-9,11H,1-2H3,(H,16,17,19)/t11-/m0/s1. The first-order chi connectivity index (χ1) is 10.5. The number of amides is 1. The van der Waals surface area contributed by atoms with Gasteiger partial charge in [-0.15, -0.1) is 11.8 Å². The van der Waals surface area contributed by atoms with E-state index in [2.05, 4.69) is 10.3 Å². The van der Waals surface area contributed by atoms with Crippen LogP contribution >= 0.6 is 11.8 Å². The first kappa shape index (κ1) is 16.0. The summed E-state index contributed by atoms with van der Waals surface area (Å²) in [7, 11) is 0. The lowest BCUT2D eigenvalue weighted by molar-refractivity contribution is -0.384. The van der Waals surface area contributed by atoms with E-state index < -0.39 is 4.92 Å². The van der Waals surface area contributed by atoms with Gasteiger partial charge in [-0.25, -0.2) is 4.98 Å². The summed E-state index contributed by atoms with van der Waals surface area (Å²) < 4.78 is 0. The van der Waals surface area contributed by atoms with Crippen LogP contribution in [0.15, 0.2) is 47.5 Å². The Morgan fingerprint density at radius 1 is 1.27 bits per heavy atom. The average Bonchev–Trinajstić information content (AvgIpc) is 2.50. The number of anilines is 1. The van der Waals surface area contributed by atoms with E-state index in [9.17, 15) is 14.9 Å². The molecule has 1 heterocycles. The third-order valence-corrected chi connectivity index (χ3v) is 4.00. The van der Waals surface area contributed by atoms with Crippen LogP contribution in [0.4, 0.5) is 11.5 Å². The van der Waals surface area contributed by atoms with Crippen molar-refractivity contribution in [3.8, 4) is 0 Å². The van der Waals surface area contributed by atoms with Gasteiger partial charge in [0.15, 0.2) is 0 Å². The average molecular weight is 317 g/mol. The first-order valence-corrected chi connectivity index (χ1v) is 7.48. The van der Waals surface area contributed by atoms with Crippen LogP contribution in [-0.4, -0.2) is 21.1 Å². The number of carbonyl (C=O) groups excluding carboxylic acids is 1. The number of benzene rings is 1. The Morgan fingerprint density at radius 2 is 1.95 bits per heavy atom. The number of pyridine rings is 1. The van der Waals surface area contributed by atoms with E-state index in [1.54, 1.807) is 31.3 Å². The maximum absolute atomic E-state index is 12.1. The number of thioether (sulfide) groups is 1. The molecular formula is C15H15N3O3S.